The number of hydrogen-bond donors (Lipinski definition) is 0. The lowest BCUT2D eigenvalue weighted by Gasteiger charge is -2.28. The first kappa shape index (κ1) is 16.5. The van der Waals surface area contributed by atoms with Crippen LogP contribution in [0.15, 0.2) is 24.5 Å². The Bertz CT molecular complexity index is 692. The van der Waals surface area contributed by atoms with Crippen molar-refractivity contribution in [2.75, 3.05) is 45.9 Å². The molecular formula is C18H25N5O2. The van der Waals surface area contributed by atoms with Crippen LogP contribution in [-0.2, 0) is 4.74 Å². The van der Waals surface area contributed by atoms with E-state index >= 15 is 0 Å². The molecule has 2 aliphatic heterocycles. The maximum atomic E-state index is 12.8. The molecule has 0 N–H and O–H groups in total. The van der Waals surface area contributed by atoms with Crippen LogP contribution >= 0.6 is 0 Å². The quantitative estimate of drug-likeness (QED) is 0.841. The van der Waals surface area contributed by atoms with E-state index in [0.717, 1.165) is 52.4 Å². The lowest BCUT2D eigenvalue weighted by Crippen LogP contribution is -2.38. The smallest absolute Gasteiger partial charge is 0.274 e. The first-order valence-electron chi connectivity index (χ1n) is 9.19. The summed E-state index contributed by atoms with van der Waals surface area (Å²) in [6.45, 7) is 6.40. The molecule has 134 valence electrons. The highest BCUT2D eigenvalue weighted by Crippen LogP contribution is 2.17. The molecule has 2 fully saturated rings. The van der Waals surface area contributed by atoms with Crippen LogP contribution < -0.4 is 0 Å². The summed E-state index contributed by atoms with van der Waals surface area (Å²) in [6.07, 6.45) is 6.96. The standard InChI is InChI=1S/C18H25N5O2/c24-18(16-12-17-19-5-2-8-23(17)20-16)22-7-3-6-21(9-10-22)13-15-4-1-11-25-14-15/h2,5,8,12,15H,1,3-4,6-7,9-11,13-14H2. The van der Waals surface area contributed by atoms with Gasteiger partial charge in [-0.3, -0.25) is 4.79 Å². The molecule has 0 radical (unpaired) electrons. The number of hydrogen-bond acceptors (Lipinski definition) is 5. The minimum atomic E-state index is 0.00773. The highest BCUT2D eigenvalue weighted by atomic mass is 16.5. The van der Waals surface area contributed by atoms with Crippen LogP contribution in [0.4, 0.5) is 0 Å². The molecule has 2 aliphatic rings. The zero-order chi connectivity index (χ0) is 17.1. The van der Waals surface area contributed by atoms with Gasteiger partial charge in [0.1, 0.15) is 0 Å². The highest BCUT2D eigenvalue weighted by Gasteiger charge is 2.24. The van der Waals surface area contributed by atoms with Gasteiger partial charge in [-0.2, -0.15) is 5.10 Å². The van der Waals surface area contributed by atoms with Gasteiger partial charge in [-0.1, -0.05) is 0 Å². The Kier molecular flexibility index (Phi) is 4.94. The van der Waals surface area contributed by atoms with E-state index in [1.54, 1.807) is 16.8 Å². The summed E-state index contributed by atoms with van der Waals surface area (Å²) < 4.78 is 7.25. The van der Waals surface area contributed by atoms with E-state index in [2.05, 4.69) is 15.0 Å². The normalized spacial score (nSPS) is 22.9. The molecule has 0 aliphatic carbocycles. The van der Waals surface area contributed by atoms with Gasteiger partial charge < -0.3 is 14.5 Å². The second-order valence-corrected chi connectivity index (χ2v) is 6.98. The van der Waals surface area contributed by atoms with Gasteiger partial charge in [0.05, 0.1) is 6.61 Å². The Morgan fingerprint density at radius 1 is 1.24 bits per heavy atom. The SMILES string of the molecule is O=C(c1cc2ncccn2n1)N1CCCN(CC2CCCOC2)CC1. The zero-order valence-electron chi connectivity index (χ0n) is 14.5. The lowest BCUT2D eigenvalue weighted by molar-refractivity contribution is 0.0389. The third-order valence-electron chi connectivity index (χ3n) is 5.10. The second kappa shape index (κ2) is 7.49. The van der Waals surface area contributed by atoms with Crippen molar-refractivity contribution in [1.82, 2.24) is 24.4 Å². The summed E-state index contributed by atoms with van der Waals surface area (Å²) in [5.74, 6) is 0.647. The van der Waals surface area contributed by atoms with Gasteiger partial charge in [-0.25, -0.2) is 9.50 Å². The number of rotatable bonds is 3. The van der Waals surface area contributed by atoms with Crippen LogP contribution in [0.3, 0.4) is 0 Å². The maximum absolute atomic E-state index is 12.8. The fourth-order valence-corrected chi connectivity index (χ4v) is 3.77. The van der Waals surface area contributed by atoms with Gasteiger partial charge in [0.2, 0.25) is 0 Å². The first-order chi connectivity index (χ1) is 12.3. The number of aromatic nitrogens is 3. The van der Waals surface area contributed by atoms with Gasteiger partial charge in [0.25, 0.3) is 5.91 Å². The number of carbonyl (C=O) groups excluding carboxylic acids is 1. The van der Waals surface area contributed by atoms with Crippen molar-refractivity contribution in [2.24, 2.45) is 5.92 Å². The average molecular weight is 343 g/mol. The van der Waals surface area contributed by atoms with Crippen molar-refractivity contribution in [3.8, 4) is 0 Å². The van der Waals surface area contributed by atoms with Crippen molar-refractivity contribution in [3.63, 3.8) is 0 Å². The van der Waals surface area contributed by atoms with Crippen LogP contribution in [-0.4, -0.2) is 76.2 Å². The van der Waals surface area contributed by atoms with Crippen molar-refractivity contribution in [3.05, 3.63) is 30.2 Å². The first-order valence-corrected chi connectivity index (χ1v) is 9.19. The number of fused-ring (bicyclic) bond motifs is 1. The maximum Gasteiger partial charge on any atom is 0.274 e. The van der Waals surface area contributed by atoms with E-state index in [1.165, 1.54) is 12.8 Å². The Morgan fingerprint density at radius 3 is 3.04 bits per heavy atom. The fraction of sp³-hybridized carbons (Fsp3) is 0.611. The number of ether oxygens (including phenoxy) is 1. The Labute approximate surface area is 147 Å². The topological polar surface area (TPSA) is 63.0 Å². The molecule has 1 unspecified atom stereocenters. The minimum absolute atomic E-state index is 0.00773. The zero-order valence-corrected chi connectivity index (χ0v) is 14.5. The molecule has 1 amide bonds. The summed E-state index contributed by atoms with van der Waals surface area (Å²) in [6, 6.07) is 3.58. The van der Waals surface area contributed by atoms with Gasteiger partial charge >= 0.3 is 0 Å². The van der Waals surface area contributed by atoms with Crippen LogP contribution in [0.2, 0.25) is 0 Å². The van der Waals surface area contributed by atoms with E-state index in [0.29, 0.717) is 17.3 Å². The number of amides is 1. The van der Waals surface area contributed by atoms with Crippen molar-refractivity contribution < 1.29 is 9.53 Å². The molecule has 2 saturated heterocycles. The van der Waals surface area contributed by atoms with Crippen LogP contribution in [0.25, 0.3) is 5.65 Å². The Balaban J connectivity index is 1.37. The molecule has 2 aromatic rings. The van der Waals surface area contributed by atoms with Gasteiger partial charge in [-0.15, -0.1) is 0 Å². The molecule has 2 aromatic heterocycles. The predicted molar refractivity (Wildman–Crippen MR) is 93.5 cm³/mol. The molecule has 4 rings (SSSR count). The largest absolute Gasteiger partial charge is 0.381 e. The molecule has 0 saturated carbocycles. The molecule has 25 heavy (non-hydrogen) atoms. The van der Waals surface area contributed by atoms with Crippen LogP contribution in [0, 0.1) is 5.92 Å². The molecule has 7 heteroatoms. The summed E-state index contributed by atoms with van der Waals surface area (Å²) in [4.78, 5) is 21.5. The summed E-state index contributed by atoms with van der Waals surface area (Å²) in [5, 5.41) is 4.36. The van der Waals surface area contributed by atoms with Crippen LogP contribution in [0.1, 0.15) is 29.8 Å². The van der Waals surface area contributed by atoms with Crippen molar-refractivity contribution in [1.29, 1.82) is 0 Å². The van der Waals surface area contributed by atoms with E-state index < -0.39 is 0 Å². The van der Waals surface area contributed by atoms with Crippen molar-refractivity contribution in [2.45, 2.75) is 19.3 Å². The van der Waals surface area contributed by atoms with E-state index in [1.807, 2.05) is 17.2 Å². The van der Waals surface area contributed by atoms with E-state index in [9.17, 15) is 4.79 Å². The highest BCUT2D eigenvalue weighted by molar-refractivity contribution is 5.93. The molecular weight excluding hydrogens is 318 g/mol. The monoisotopic (exact) mass is 343 g/mol. The minimum Gasteiger partial charge on any atom is -0.381 e. The van der Waals surface area contributed by atoms with Gasteiger partial charge in [0, 0.05) is 51.2 Å². The summed E-state index contributed by atoms with van der Waals surface area (Å²) >= 11 is 0. The summed E-state index contributed by atoms with van der Waals surface area (Å²) in [5.41, 5.74) is 1.19. The van der Waals surface area contributed by atoms with E-state index in [-0.39, 0.29) is 5.91 Å². The average Bonchev–Trinajstić information content (AvgIpc) is 2.95. The molecule has 0 bridgehead atoms. The molecule has 4 heterocycles. The molecule has 7 nitrogen and oxygen atoms in total. The molecule has 0 spiro atoms. The lowest BCUT2D eigenvalue weighted by atomic mass is 10.0. The Hall–Kier alpha value is -1.99. The number of nitrogens with zero attached hydrogens (tertiary/aromatic N) is 5. The van der Waals surface area contributed by atoms with Crippen molar-refractivity contribution >= 4 is 11.6 Å². The molecule has 1 atom stereocenters. The summed E-state index contributed by atoms with van der Waals surface area (Å²) in [7, 11) is 0. The van der Waals surface area contributed by atoms with Gasteiger partial charge in [0.15, 0.2) is 11.3 Å². The Morgan fingerprint density at radius 2 is 2.20 bits per heavy atom. The third-order valence-corrected chi connectivity index (χ3v) is 5.10. The third kappa shape index (κ3) is 3.82. The second-order valence-electron chi connectivity index (χ2n) is 6.98. The fourth-order valence-electron chi connectivity index (χ4n) is 3.77. The van der Waals surface area contributed by atoms with Crippen LogP contribution in [0.5, 0.6) is 0 Å². The predicted octanol–water partition coefficient (Wildman–Crippen LogP) is 1.30. The molecule has 0 aromatic carbocycles. The van der Waals surface area contributed by atoms with Gasteiger partial charge in [-0.05, 0) is 37.8 Å². The van der Waals surface area contributed by atoms with E-state index in [4.69, 9.17) is 4.74 Å². The number of carbonyl (C=O) groups is 1.